The fourth-order valence-electron chi connectivity index (χ4n) is 1.90. The standard InChI is InChI=1S/C15H24N4O3.ClH/c1-4-19(8-7-18(2)3)14(20)11-16-10-13-9-12(15(21)22)5-6-17-13;/h5-6,9,16H,4,7-8,10-11H2,1-3H3,(H,21,22);1H. The molecule has 8 heteroatoms. The summed E-state index contributed by atoms with van der Waals surface area (Å²) in [5.74, 6) is -0.959. The van der Waals surface area contributed by atoms with Gasteiger partial charge in [0, 0.05) is 32.4 Å². The van der Waals surface area contributed by atoms with Crippen LogP contribution in [-0.4, -0.2) is 72.0 Å². The Hall–Kier alpha value is -1.70. The number of hydrogen-bond donors (Lipinski definition) is 2. The first-order valence-corrected chi connectivity index (χ1v) is 7.25. The summed E-state index contributed by atoms with van der Waals surface area (Å²) in [6, 6.07) is 2.94. The maximum absolute atomic E-state index is 12.1. The van der Waals surface area contributed by atoms with Crippen LogP contribution in [0.4, 0.5) is 0 Å². The highest BCUT2D eigenvalue weighted by Gasteiger charge is 2.11. The molecular formula is C15H25ClN4O3. The predicted molar refractivity (Wildman–Crippen MR) is 91.0 cm³/mol. The van der Waals surface area contributed by atoms with Crippen molar-refractivity contribution < 1.29 is 14.7 Å². The van der Waals surface area contributed by atoms with Crippen molar-refractivity contribution in [3.8, 4) is 0 Å². The Morgan fingerprint density at radius 1 is 1.30 bits per heavy atom. The molecule has 0 unspecified atom stereocenters. The van der Waals surface area contributed by atoms with Gasteiger partial charge in [0.05, 0.1) is 17.8 Å². The molecule has 2 N–H and O–H groups in total. The van der Waals surface area contributed by atoms with Gasteiger partial charge in [0.2, 0.25) is 5.91 Å². The number of nitrogens with zero attached hydrogens (tertiary/aromatic N) is 3. The summed E-state index contributed by atoms with van der Waals surface area (Å²) in [7, 11) is 3.94. The van der Waals surface area contributed by atoms with Crippen LogP contribution >= 0.6 is 12.4 Å². The van der Waals surface area contributed by atoms with Crippen LogP contribution in [0.2, 0.25) is 0 Å². The molecule has 0 aliphatic heterocycles. The van der Waals surface area contributed by atoms with E-state index in [1.54, 1.807) is 4.90 Å². The summed E-state index contributed by atoms with van der Waals surface area (Å²) in [5.41, 5.74) is 0.795. The summed E-state index contributed by atoms with van der Waals surface area (Å²) in [6.45, 7) is 4.70. The summed E-state index contributed by atoms with van der Waals surface area (Å²) in [4.78, 5) is 30.9. The van der Waals surface area contributed by atoms with E-state index < -0.39 is 5.97 Å². The van der Waals surface area contributed by atoms with Crippen molar-refractivity contribution in [2.24, 2.45) is 0 Å². The van der Waals surface area contributed by atoms with Crippen LogP contribution in [0.1, 0.15) is 23.0 Å². The lowest BCUT2D eigenvalue weighted by Crippen LogP contribution is -2.41. The SMILES string of the molecule is CCN(CCN(C)C)C(=O)CNCc1cc(C(=O)O)ccn1.Cl. The number of carbonyl (C=O) groups excluding carboxylic acids is 1. The Balaban J connectivity index is 0.00000484. The molecule has 1 aromatic heterocycles. The van der Waals surface area contributed by atoms with Crippen LogP contribution in [0.25, 0.3) is 0 Å². The van der Waals surface area contributed by atoms with Gasteiger partial charge < -0.3 is 20.2 Å². The van der Waals surface area contributed by atoms with E-state index in [0.29, 0.717) is 25.3 Å². The third-order valence-corrected chi connectivity index (χ3v) is 3.20. The number of aromatic carboxylic acids is 1. The predicted octanol–water partition coefficient (Wildman–Crippen LogP) is 0.701. The highest BCUT2D eigenvalue weighted by molar-refractivity contribution is 5.87. The van der Waals surface area contributed by atoms with E-state index in [1.165, 1.54) is 18.3 Å². The van der Waals surface area contributed by atoms with Crippen LogP contribution in [0, 0.1) is 0 Å². The van der Waals surface area contributed by atoms with Crippen molar-refractivity contribution in [2.75, 3.05) is 40.3 Å². The Morgan fingerprint density at radius 2 is 2.00 bits per heavy atom. The molecule has 0 saturated carbocycles. The molecule has 0 saturated heterocycles. The van der Waals surface area contributed by atoms with Gasteiger partial charge in [-0.2, -0.15) is 0 Å². The zero-order chi connectivity index (χ0) is 16.5. The highest BCUT2D eigenvalue weighted by atomic mass is 35.5. The van der Waals surface area contributed by atoms with Gasteiger partial charge >= 0.3 is 5.97 Å². The van der Waals surface area contributed by atoms with E-state index in [2.05, 4.69) is 10.3 Å². The number of hydrogen-bond acceptors (Lipinski definition) is 5. The third-order valence-electron chi connectivity index (χ3n) is 3.20. The molecule has 0 fully saturated rings. The molecule has 1 amide bonds. The van der Waals surface area contributed by atoms with E-state index in [-0.39, 0.29) is 30.4 Å². The molecule has 1 heterocycles. The van der Waals surface area contributed by atoms with Crippen molar-refractivity contribution >= 4 is 24.3 Å². The summed E-state index contributed by atoms with van der Waals surface area (Å²) in [5, 5.41) is 11.9. The summed E-state index contributed by atoms with van der Waals surface area (Å²) < 4.78 is 0. The first-order valence-electron chi connectivity index (χ1n) is 7.25. The molecule has 0 bridgehead atoms. The molecule has 0 aliphatic carbocycles. The van der Waals surface area contributed by atoms with Crippen molar-refractivity contribution in [1.29, 1.82) is 0 Å². The van der Waals surface area contributed by atoms with Crippen LogP contribution in [0.5, 0.6) is 0 Å². The first-order chi connectivity index (χ1) is 10.4. The lowest BCUT2D eigenvalue weighted by Gasteiger charge is -2.23. The molecule has 1 rings (SSSR count). The number of rotatable bonds is 9. The lowest BCUT2D eigenvalue weighted by molar-refractivity contribution is -0.130. The second-order valence-corrected chi connectivity index (χ2v) is 5.22. The quantitative estimate of drug-likeness (QED) is 0.686. The van der Waals surface area contributed by atoms with Crippen molar-refractivity contribution in [3.63, 3.8) is 0 Å². The van der Waals surface area contributed by atoms with Gasteiger partial charge in [-0.3, -0.25) is 9.78 Å². The minimum absolute atomic E-state index is 0. The van der Waals surface area contributed by atoms with Crippen LogP contribution in [-0.2, 0) is 11.3 Å². The lowest BCUT2D eigenvalue weighted by atomic mass is 10.2. The third kappa shape index (κ3) is 7.92. The molecule has 0 aromatic carbocycles. The summed E-state index contributed by atoms with van der Waals surface area (Å²) >= 11 is 0. The minimum atomic E-state index is -0.986. The Kier molecular flexibility index (Phi) is 10.1. The molecule has 0 aliphatic rings. The molecule has 130 valence electrons. The molecule has 0 spiro atoms. The number of aromatic nitrogens is 1. The molecule has 0 atom stereocenters. The number of carboxylic acids is 1. The topological polar surface area (TPSA) is 85.8 Å². The smallest absolute Gasteiger partial charge is 0.335 e. The average Bonchev–Trinajstić information content (AvgIpc) is 2.48. The Labute approximate surface area is 143 Å². The fraction of sp³-hybridized carbons (Fsp3) is 0.533. The first kappa shape index (κ1) is 21.3. The van der Waals surface area contributed by atoms with E-state index in [0.717, 1.165) is 6.54 Å². The number of carbonyl (C=O) groups is 2. The largest absolute Gasteiger partial charge is 0.478 e. The number of likely N-dealkylation sites (N-methyl/N-ethyl adjacent to an activating group) is 2. The van der Waals surface area contributed by atoms with E-state index in [9.17, 15) is 9.59 Å². The number of carboxylic acid groups (broad SMARTS) is 1. The minimum Gasteiger partial charge on any atom is -0.478 e. The Morgan fingerprint density at radius 3 is 2.57 bits per heavy atom. The van der Waals surface area contributed by atoms with E-state index in [1.807, 2.05) is 25.9 Å². The second-order valence-electron chi connectivity index (χ2n) is 5.22. The van der Waals surface area contributed by atoms with E-state index in [4.69, 9.17) is 5.11 Å². The van der Waals surface area contributed by atoms with Crippen LogP contribution in [0.15, 0.2) is 18.3 Å². The maximum Gasteiger partial charge on any atom is 0.335 e. The Bertz CT molecular complexity index is 511. The van der Waals surface area contributed by atoms with Crippen LogP contribution < -0.4 is 5.32 Å². The normalized spacial score (nSPS) is 10.3. The number of amides is 1. The second kappa shape index (κ2) is 10.9. The van der Waals surface area contributed by atoms with E-state index >= 15 is 0 Å². The fourth-order valence-corrected chi connectivity index (χ4v) is 1.90. The van der Waals surface area contributed by atoms with Gasteiger partial charge in [-0.15, -0.1) is 12.4 Å². The van der Waals surface area contributed by atoms with Crippen molar-refractivity contribution in [2.45, 2.75) is 13.5 Å². The van der Waals surface area contributed by atoms with Gasteiger partial charge in [-0.1, -0.05) is 0 Å². The van der Waals surface area contributed by atoms with Gasteiger partial charge in [0.15, 0.2) is 0 Å². The van der Waals surface area contributed by atoms with Crippen molar-refractivity contribution in [1.82, 2.24) is 20.1 Å². The number of nitrogens with one attached hydrogen (secondary N) is 1. The van der Waals surface area contributed by atoms with Gasteiger partial charge in [-0.25, -0.2) is 4.79 Å². The highest BCUT2D eigenvalue weighted by Crippen LogP contribution is 2.01. The number of pyridine rings is 1. The molecular weight excluding hydrogens is 320 g/mol. The van der Waals surface area contributed by atoms with Gasteiger partial charge in [0.25, 0.3) is 0 Å². The van der Waals surface area contributed by atoms with Crippen molar-refractivity contribution in [3.05, 3.63) is 29.6 Å². The number of halogens is 1. The monoisotopic (exact) mass is 344 g/mol. The molecule has 23 heavy (non-hydrogen) atoms. The average molecular weight is 345 g/mol. The van der Waals surface area contributed by atoms with Gasteiger partial charge in [0.1, 0.15) is 0 Å². The van der Waals surface area contributed by atoms with Gasteiger partial charge in [-0.05, 0) is 33.2 Å². The molecule has 1 aromatic rings. The van der Waals surface area contributed by atoms with Crippen LogP contribution in [0.3, 0.4) is 0 Å². The zero-order valence-corrected chi connectivity index (χ0v) is 14.6. The maximum atomic E-state index is 12.1. The zero-order valence-electron chi connectivity index (χ0n) is 13.8. The molecule has 7 nitrogen and oxygen atoms in total. The summed E-state index contributed by atoms with van der Waals surface area (Å²) in [6.07, 6.45) is 1.46. The molecule has 0 radical (unpaired) electrons.